The zero-order chi connectivity index (χ0) is 22.0. The van der Waals surface area contributed by atoms with E-state index in [-0.39, 0.29) is 12.5 Å². The molecule has 0 bridgehead atoms. The molecule has 31 heavy (non-hydrogen) atoms. The molecule has 1 aliphatic heterocycles. The summed E-state index contributed by atoms with van der Waals surface area (Å²) >= 11 is 0.598. The smallest absolute Gasteiger partial charge is 0.425 e. The highest BCUT2D eigenvalue weighted by molar-refractivity contribution is 7.12. The quantitative estimate of drug-likeness (QED) is 0.591. The van der Waals surface area contributed by atoms with Gasteiger partial charge in [0.25, 0.3) is 0 Å². The third-order valence-electron chi connectivity index (χ3n) is 4.66. The summed E-state index contributed by atoms with van der Waals surface area (Å²) in [6.07, 6.45) is 2.73. The number of thiophene rings is 1. The monoisotopic (exact) mass is 450 g/mol. The highest BCUT2D eigenvalue weighted by Crippen LogP contribution is 2.34. The molecule has 0 amide bonds. The highest BCUT2D eigenvalue weighted by atomic mass is 32.1. The molecule has 0 N–H and O–H groups in total. The van der Waals surface area contributed by atoms with Gasteiger partial charge in [0.2, 0.25) is 11.8 Å². The molecule has 3 aromatic heterocycles. The van der Waals surface area contributed by atoms with Crippen LogP contribution >= 0.6 is 11.3 Å². The van der Waals surface area contributed by atoms with Crippen molar-refractivity contribution in [2.45, 2.75) is 19.1 Å². The third kappa shape index (κ3) is 4.74. The fraction of sp³-hybridized carbons (Fsp3) is 0.316. The molecule has 0 radical (unpaired) electrons. The Hall–Kier alpha value is -3.28. The zero-order valence-electron chi connectivity index (χ0n) is 16.3. The second kappa shape index (κ2) is 8.46. The lowest BCUT2D eigenvalue weighted by molar-refractivity contribution is -0.134. The Morgan fingerprint density at radius 3 is 2.71 bits per heavy atom. The first-order valence-corrected chi connectivity index (χ1v) is 10.0. The van der Waals surface area contributed by atoms with Crippen molar-refractivity contribution < 1.29 is 17.9 Å². The van der Waals surface area contributed by atoms with Gasteiger partial charge in [-0.25, -0.2) is 14.8 Å². The van der Waals surface area contributed by atoms with E-state index in [0.717, 1.165) is 17.3 Å². The molecule has 0 aromatic carbocycles. The van der Waals surface area contributed by atoms with Crippen molar-refractivity contribution >= 4 is 22.9 Å². The van der Waals surface area contributed by atoms with Crippen molar-refractivity contribution in [2.24, 2.45) is 0 Å². The molecule has 12 heteroatoms. The minimum Gasteiger partial charge on any atom is -0.480 e. The Balaban J connectivity index is 1.45. The Morgan fingerprint density at radius 2 is 2.06 bits per heavy atom. The molecule has 0 aliphatic carbocycles. The van der Waals surface area contributed by atoms with E-state index in [9.17, 15) is 18.0 Å². The third-order valence-corrected chi connectivity index (χ3v) is 5.78. The molecule has 0 unspecified atom stereocenters. The van der Waals surface area contributed by atoms with Crippen LogP contribution in [0.2, 0.25) is 0 Å². The van der Waals surface area contributed by atoms with Crippen LogP contribution < -0.4 is 15.3 Å². The van der Waals surface area contributed by atoms with Gasteiger partial charge in [-0.1, -0.05) is 6.08 Å². The van der Waals surface area contributed by atoms with Crippen LogP contribution in [0.5, 0.6) is 5.88 Å². The van der Waals surface area contributed by atoms with E-state index >= 15 is 0 Å². The Kier molecular flexibility index (Phi) is 5.72. The number of rotatable bonds is 5. The van der Waals surface area contributed by atoms with Crippen LogP contribution in [0.4, 0.5) is 19.1 Å². The van der Waals surface area contributed by atoms with Gasteiger partial charge in [-0.05, 0) is 24.1 Å². The molecule has 4 heterocycles. The van der Waals surface area contributed by atoms with Gasteiger partial charge in [0.15, 0.2) is 0 Å². The molecule has 0 saturated carbocycles. The van der Waals surface area contributed by atoms with Crippen LogP contribution in [-0.4, -0.2) is 44.7 Å². The first-order valence-electron chi connectivity index (χ1n) is 9.23. The summed E-state index contributed by atoms with van der Waals surface area (Å²) in [4.78, 5) is 30.6. The van der Waals surface area contributed by atoms with Crippen LogP contribution in [0.15, 0.2) is 41.7 Å². The van der Waals surface area contributed by atoms with Crippen LogP contribution in [0, 0.1) is 0 Å². The predicted octanol–water partition coefficient (Wildman–Crippen LogP) is 2.86. The van der Waals surface area contributed by atoms with Gasteiger partial charge in [0, 0.05) is 18.0 Å². The lowest BCUT2D eigenvalue weighted by Gasteiger charge is -2.26. The second-order valence-electron chi connectivity index (χ2n) is 6.70. The minimum atomic E-state index is -4.40. The standard InChI is InChI=1S/C19H17F3N6O2S/c1-30-16-9-23-8-14(25-16)12-4-6-27(7-5-12)17-24-11-28(18(29)26-17)10-13-2-3-15(31-13)19(20,21)22/h2-4,8-9,11H,5-7,10H2,1H3. The lowest BCUT2D eigenvalue weighted by atomic mass is 10.1. The van der Waals surface area contributed by atoms with E-state index in [1.807, 2.05) is 11.0 Å². The molecule has 0 fully saturated rings. The average Bonchev–Trinajstić information content (AvgIpc) is 3.25. The molecule has 8 nitrogen and oxygen atoms in total. The molecular weight excluding hydrogens is 433 g/mol. The maximum Gasteiger partial charge on any atom is 0.425 e. The molecule has 0 spiro atoms. The van der Waals surface area contributed by atoms with Crippen molar-refractivity contribution in [1.82, 2.24) is 24.5 Å². The summed E-state index contributed by atoms with van der Waals surface area (Å²) in [6.45, 7) is 1.05. The highest BCUT2D eigenvalue weighted by Gasteiger charge is 2.32. The number of anilines is 1. The number of alkyl halides is 3. The van der Waals surface area contributed by atoms with Crippen molar-refractivity contribution in [2.75, 3.05) is 25.1 Å². The van der Waals surface area contributed by atoms with Crippen LogP contribution in [0.1, 0.15) is 21.9 Å². The number of ether oxygens (including phenoxy) is 1. The van der Waals surface area contributed by atoms with Gasteiger partial charge >= 0.3 is 11.9 Å². The van der Waals surface area contributed by atoms with Crippen LogP contribution in [0.3, 0.4) is 0 Å². The number of aromatic nitrogens is 5. The normalized spacial score (nSPS) is 14.5. The average molecular weight is 450 g/mol. The Labute approximate surface area is 178 Å². The fourth-order valence-corrected chi connectivity index (χ4v) is 3.95. The molecule has 4 rings (SSSR count). The number of hydrogen-bond donors (Lipinski definition) is 0. The van der Waals surface area contributed by atoms with Crippen molar-refractivity contribution in [3.63, 3.8) is 0 Å². The Morgan fingerprint density at radius 1 is 1.23 bits per heavy atom. The van der Waals surface area contributed by atoms with Gasteiger partial charge in [0.1, 0.15) is 11.2 Å². The van der Waals surface area contributed by atoms with Crippen LogP contribution in [-0.2, 0) is 12.7 Å². The maximum atomic E-state index is 12.7. The van der Waals surface area contributed by atoms with E-state index in [1.54, 1.807) is 6.20 Å². The van der Waals surface area contributed by atoms with E-state index in [2.05, 4.69) is 19.9 Å². The number of hydrogen-bond acceptors (Lipinski definition) is 8. The summed E-state index contributed by atoms with van der Waals surface area (Å²) in [6, 6.07) is 2.36. The Bertz CT molecular complexity index is 1170. The van der Waals surface area contributed by atoms with Crippen LogP contribution in [0.25, 0.3) is 5.57 Å². The van der Waals surface area contributed by atoms with E-state index < -0.39 is 16.7 Å². The van der Waals surface area contributed by atoms with E-state index in [1.165, 1.54) is 30.3 Å². The molecule has 0 saturated heterocycles. The number of halogens is 3. The SMILES string of the molecule is COc1cncc(C2=CCN(c3ncn(Cc4ccc(C(F)(F)F)s4)c(=O)n3)CC2)n1. The first kappa shape index (κ1) is 21.0. The van der Waals surface area contributed by atoms with Gasteiger partial charge < -0.3 is 9.64 Å². The molecule has 3 aromatic rings. The zero-order valence-corrected chi connectivity index (χ0v) is 17.2. The van der Waals surface area contributed by atoms with Gasteiger partial charge in [-0.2, -0.15) is 18.2 Å². The molecular formula is C19H17F3N6O2S. The van der Waals surface area contributed by atoms with Crippen molar-refractivity contribution in [3.8, 4) is 5.88 Å². The maximum absolute atomic E-state index is 12.7. The van der Waals surface area contributed by atoms with Gasteiger partial charge in [-0.3, -0.25) is 9.55 Å². The summed E-state index contributed by atoms with van der Waals surface area (Å²) < 4.78 is 44.5. The molecule has 1 aliphatic rings. The van der Waals surface area contributed by atoms with E-state index in [4.69, 9.17) is 4.74 Å². The number of methoxy groups -OCH3 is 1. The largest absolute Gasteiger partial charge is 0.480 e. The van der Waals surface area contributed by atoms with Gasteiger partial charge in [-0.15, -0.1) is 11.3 Å². The summed E-state index contributed by atoms with van der Waals surface area (Å²) in [5, 5.41) is 0. The molecule has 0 atom stereocenters. The lowest BCUT2D eigenvalue weighted by Crippen LogP contribution is -2.34. The van der Waals surface area contributed by atoms with Crippen molar-refractivity contribution in [1.29, 1.82) is 0 Å². The fourth-order valence-electron chi connectivity index (χ4n) is 3.08. The summed E-state index contributed by atoms with van der Waals surface area (Å²) in [5.41, 5.74) is 1.17. The topological polar surface area (TPSA) is 86.0 Å². The number of nitrogens with zero attached hydrogens (tertiary/aromatic N) is 6. The first-order chi connectivity index (χ1) is 14.8. The predicted molar refractivity (Wildman–Crippen MR) is 108 cm³/mol. The molecule has 162 valence electrons. The second-order valence-corrected chi connectivity index (χ2v) is 7.87. The summed E-state index contributed by atoms with van der Waals surface area (Å²) in [5.74, 6) is 0.705. The minimum absolute atomic E-state index is 0.0155. The van der Waals surface area contributed by atoms with Crippen molar-refractivity contribution in [3.05, 3.63) is 62.9 Å². The van der Waals surface area contributed by atoms with E-state index in [0.29, 0.717) is 41.6 Å². The van der Waals surface area contributed by atoms with Gasteiger partial charge in [0.05, 0.1) is 31.7 Å². The summed E-state index contributed by atoms with van der Waals surface area (Å²) in [7, 11) is 1.53.